The monoisotopic (exact) mass is 408 g/mol. The third-order valence-electron chi connectivity index (χ3n) is 4.88. The van der Waals surface area contributed by atoms with Gasteiger partial charge in [0.15, 0.2) is 5.03 Å². The van der Waals surface area contributed by atoms with Crippen molar-refractivity contribution in [3.63, 3.8) is 0 Å². The van der Waals surface area contributed by atoms with Gasteiger partial charge in [-0.05, 0) is 24.3 Å². The third kappa shape index (κ3) is 3.43. The van der Waals surface area contributed by atoms with Crippen LogP contribution in [0.3, 0.4) is 0 Å². The fraction of sp³-hybridized carbons (Fsp3) is 0.412. The average molecular weight is 409 g/mol. The number of hydrogen-bond donors (Lipinski definition) is 0. The van der Waals surface area contributed by atoms with Gasteiger partial charge in [0.05, 0.1) is 6.61 Å². The number of hydrogen-bond acceptors (Lipinski definition) is 6. The van der Waals surface area contributed by atoms with Gasteiger partial charge in [-0.1, -0.05) is 12.1 Å². The highest BCUT2D eigenvalue weighted by molar-refractivity contribution is 7.89. The lowest BCUT2D eigenvalue weighted by atomic mass is 10.0. The van der Waals surface area contributed by atoms with Gasteiger partial charge in [0.2, 0.25) is 0 Å². The molecule has 27 heavy (non-hydrogen) atoms. The van der Waals surface area contributed by atoms with Crippen molar-refractivity contribution >= 4 is 21.0 Å². The molecular formula is C17H20N4O4S2. The zero-order valence-electron chi connectivity index (χ0n) is 14.6. The maximum Gasteiger partial charge on any atom is 0.260 e. The Labute approximate surface area is 160 Å². The molecular weight excluding hydrogens is 388 g/mol. The van der Waals surface area contributed by atoms with Crippen molar-refractivity contribution in [2.75, 3.05) is 26.2 Å². The summed E-state index contributed by atoms with van der Waals surface area (Å²) in [6.45, 7) is 1.56. The minimum atomic E-state index is -3.64. The summed E-state index contributed by atoms with van der Waals surface area (Å²) >= 11 is 0. The highest BCUT2D eigenvalue weighted by atomic mass is 32.2. The molecule has 4 rings (SSSR count). The Balaban J connectivity index is 1.51. The van der Waals surface area contributed by atoms with E-state index in [0.717, 1.165) is 0 Å². The number of ether oxygens (including phenoxy) is 1. The first-order valence-corrected chi connectivity index (χ1v) is 11.2. The number of pyridine rings is 2. The molecule has 8 nitrogen and oxygen atoms in total. The molecule has 2 saturated heterocycles. The Morgan fingerprint density at radius 2 is 1.70 bits per heavy atom. The quantitative estimate of drug-likeness (QED) is 0.750. The molecule has 0 radical (unpaired) electrons. The lowest BCUT2D eigenvalue weighted by molar-refractivity contribution is -0.0792. The molecule has 2 aliphatic rings. The van der Waals surface area contributed by atoms with Crippen LogP contribution in [0.1, 0.15) is 12.8 Å². The molecule has 0 bridgehead atoms. The molecule has 4 heterocycles. The topological polar surface area (TPSA) is 92.7 Å². The Morgan fingerprint density at radius 3 is 2.33 bits per heavy atom. The minimum Gasteiger partial charge on any atom is -0.358 e. The van der Waals surface area contributed by atoms with Crippen LogP contribution in [-0.2, 0) is 25.7 Å². The fourth-order valence-corrected chi connectivity index (χ4v) is 6.22. The van der Waals surface area contributed by atoms with Crippen molar-refractivity contribution in [2.45, 2.75) is 28.6 Å². The van der Waals surface area contributed by atoms with Crippen molar-refractivity contribution in [1.82, 2.24) is 18.6 Å². The molecule has 2 fully saturated rings. The lowest BCUT2D eigenvalue weighted by Crippen LogP contribution is -2.54. The molecule has 0 aliphatic carbocycles. The third-order valence-corrected chi connectivity index (χ3v) is 8.21. The molecule has 1 atom stereocenters. The summed E-state index contributed by atoms with van der Waals surface area (Å²) in [5.74, 6) is 0. The number of rotatable bonds is 4. The second kappa shape index (κ2) is 7.36. The predicted octanol–water partition coefficient (Wildman–Crippen LogP) is 1.01. The molecule has 144 valence electrons. The van der Waals surface area contributed by atoms with Crippen LogP contribution in [0.5, 0.6) is 0 Å². The van der Waals surface area contributed by atoms with Gasteiger partial charge in [-0.3, -0.25) is 0 Å². The lowest BCUT2D eigenvalue weighted by Gasteiger charge is -2.41. The van der Waals surface area contributed by atoms with Crippen LogP contribution in [0.4, 0.5) is 0 Å². The maximum atomic E-state index is 13.0. The van der Waals surface area contributed by atoms with E-state index in [9.17, 15) is 12.6 Å². The average Bonchev–Trinajstić information content (AvgIpc) is 3.12. The second-order valence-corrected chi connectivity index (χ2v) is 9.63. The second-order valence-electron chi connectivity index (χ2n) is 6.39. The van der Waals surface area contributed by atoms with Gasteiger partial charge >= 0.3 is 0 Å². The summed E-state index contributed by atoms with van der Waals surface area (Å²) in [7, 11) is -5.09. The molecule has 0 amide bonds. The summed E-state index contributed by atoms with van der Waals surface area (Å²) in [5.41, 5.74) is -0.724. The molecule has 0 saturated carbocycles. The molecule has 1 spiro atoms. The van der Waals surface area contributed by atoms with Crippen molar-refractivity contribution in [3.8, 4) is 0 Å². The summed E-state index contributed by atoms with van der Waals surface area (Å²) in [5, 5.41) is 0.521. The van der Waals surface area contributed by atoms with E-state index in [4.69, 9.17) is 4.74 Å². The molecule has 2 aliphatic heterocycles. The Kier molecular flexibility index (Phi) is 5.08. The van der Waals surface area contributed by atoms with Crippen molar-refractivity contribution in [2.24, 2.45) is 0 Å². The predicted molar refractivity (Wildman–Crippen MR) is 98.3 cm³/mol. The van der Waals surface area contributed by atoms with Gasteiger partial charge in [-0.15, -0.1) is 0 Å². The van der Waals surface area contributed by atoms with E-state index >= 15 is 0 Å². The van der Waals surface area contributed by atoms with Crippen LogP contribution in [0.25, 0.3) is 0 Å². The molecule has 2 aromatic rings. The van der Waals surface area contributed by atoms with Gasteiger partial charge in [-0.25, -0.2) is 22.6 Å². The van der Waals surface area contributed by atoms with Crippen molar-refractivity contribution in [1.29, 1.82) is 0 Å². The number of sulfonamides is 1. The zero-order valence-corrected chi connectivity index (χ0v) is 16.2. The first kappa shape index (κ1) is 18.6. The minimum absolute atomic E-state index is 0.0437. The number of piperidine rings is 1. The van der Waals surface area contributed by atoms with Crippen LogP contribution in [-0.4, -0.2) is 63.2 Å². The number of nitrogens with zero attached hydrogens (tertiary/aromatic N) is 4. The van der Waals surface area contributed by atoms with Crippen LogP contribution in [0.2, 0.25) is 0 Å². The Morgan fingerprint density at radius 1 is 1.00 bits per heavy atom. The first-order valence-electron chi connectivity index (χ1n) is 8.69. The van der Waals surface area contributed by atoms with Gasteiger partial charge in [0.1, 0.15) is 21.7 Å². The highest BCUT2D eigenvalue weighted by Crippen LogP contribution is 2.37. The van der Waals surface area contributed by atoms with Gasteiger partial charge in [-0.2, -0.15) is 8.61 Å². The zero-order chi connectivity index (χ0) is 18.9. The van der Waals surface area contributed by atoms with Crippen LogP contribution in [0, 0.1) is 0 Å². The largest absolute Gasteiger partial charge is 0.358 e. The van der Waals surface area contributed by atoms with E-state index in [1.54, 1.807) is 40.8 Å². The number of aromatic nitrogens is 2. The van der Waals surface area contributed by atoms with E-state index in [0.29, 0.717) is 31.0 Å². The maximum absolute atomic E-state index is 13.0. The fourth-order valence-electron chi connectivity index (χ4n) is 3.49. The van der Waals surface area contributed by atoms with Crippen molar-refractivity contribution < 1.29 is 17.4 Å². The molecule has 0 N–H and O–H groups in total. The van der Waals surface area contributed by atoms with Crippen LogP contribution in [0.15, 0.2) is 58.8 Å². The normalized spacial score (nSPS) is 22.1. The van der Waals surface area contributed by atoms with Crippen molar-refractivity contribution in [3.05, 3.63) is 48.8 Å². The van der Waals surface area contributed by atoms with Crippen LogP contribution < -0.4 is 0 Å². The van der Waals surface area contributed by atoms with Gasteiger partial charge in [0, 0.05) is 44.9 Å². The van der Waals surface area contributed by atoms with E-state index < -0.39 is 26.7 Å². The molecule has 10 heteroatoms. The van der Waals surface area contributed by atoms with E-state index in [1.165, 1.54) is 16.6 Å². The summed E-state index contributed by atoms with van der Waals surface area (Å²) in [4.78, 5) is 8.15. The standard InChI is InChI=1S/C17H20N4O4S2/c22-26(15-5-1-3-9-18-15)21-13-14-25-17(21)7-11-20(12-8-17)27(23,24)16-6-2-4-10-19-16/h1-6,9-10H,7-8,11-14H2. The van der Waals surface area contributed by atoms with Gasteiger partial charge < -0.3 is 4.74 Å². The van der Waals surface area contributed by atoms with E-state index in [-0.39, 0.29) is 18.1 Å². The Hall–Kier alpha value is -1.72. The van der Waals surface area contributed by atoms with Gasteiger partial charge in [0.25, 0.3) is 10.0 Å². The molecule has 1 unspecified atom stereocenters. The Bertz CT molecular complexity index is 916. The molecule has 2 aromatic heterocycles. The summed E-state index contributed by atoms with van der Waals surface area (Å²) < 4.78 is 47.7. The smallest absolute Gasteiger partial charge is 0.260 e. The first-order chi connectivity index (χ1) is 13.0. The van der Waals surface area contributed by atoms with Crippen LogP contribution >= 0.6 is 0 Å². The van der Waals surface area contributed by atoms with E-state index in [2.05, 4.69) is 9.97 Å². The van der Waals surface area contributed by atoms with E-state index in [1.807, 2.05) is 0 Å². The summed E-state index contributed by atoms with van der Waals surface area (Å²) in [6, 6.07) is 10.1. The highest BCUT2D eigenvalue weighted by Gasteiger charge is 2.49. The molecule has 0 aromatic carbocycles. The summed E-state index contributed by atoms with van der Waals surface area (Å²) in [6.07, 6.45) is 3.96. The SMILES string of the molecule is O=S(c1ccccn1)N1CCOC12CCN(S(=O)(=O)c1ccccn1)CC2.